The molecule has 6 nitrogen and oxygen atoms in total. The van der Waals surface area contributed by atoms with Crippen molar-refractivity contribution in [1.82, 2.24) is 10.2 Å². The van der Waals surface area contributed by atoms with E-state index < -0.39 is 15.8 Å². The van der Waals surface area contributed by atoms with Crippen LogP contribution >= 0.6 is 11.6 Å². The zero-order valence-electron chi connectivity index (χ0n) is 11.7. The van der Waals surface area contributed by atoms with Crippen molar-refractivity contribution in [3.63, 3.8) is 0 Å². The van der Waals surface area contributed by atoms with Crippen LogP contribution in [0, 0.1) is 5.82 Å². The summed E-state index contributed by atoms with van der Waals surface area (Å²) in [5.41, 5.74) is 0.542. The van der Waals surface area contributed by atoms with Crippen molar-refractivity contribution in [2.45, 2.75) is 13.3 Å². The Labute approximate surface area is 132 Å². The van der Waals surface area contributed by atoms with Crippen LogP contribution < -0.4 is 10.0 Å². The Morgan fingerprint density at radius 1 is 1.18 bits per heavy atom. The molecule has 0 saturated carbocycles. The summed E-state index contributed by atoms with van der Waals surface area (Å²) in [6, 6.07) is 7.17. The first-order chi connectivity index (χ1) is 10.4. The molecule has 2 rings (SSSR count). The van der Waals surface area contributed by atoms with Crippen LogP contribution in [-0.2, 0) is 10.0 Å². The molecule has 0 aliphatic rings. The summed E-state index contributed by atoms with van der Waals surface area (Å²) in [5, 5.41) is 10.5. The fourth-order valence-electron chi connectivity index (χ4n) is 1.65. The number of hydrogen-bond donors (Lipinski definition) is 2. The van der Waals surface area contributed by atoms with E-state index in [4.69, 9.17) is 11.6 Å². The summed E-state index contributed by atoms with van der Waals surface area (Å²) in [6.07, 6.45) is 0.508. The molecule has 0 fully saturated rings. The van der Waals surface area contributed by atoms with Crippen molar-refractivity contribution in [2.24, 2.45) is 0 Å². The third-order valence-electron chi connectivity index (χ3n) is 2.59. The highest BCUT2D eigenvalue weighted by Crippen LogP contribution is 2.22. The van der Waals surface area contributed by atoms with Gasteiger partial charge in [-0.05, 0) is 36.8 Å². The van der Waals surface area contributed by atoms with Gasteiger partial charge in [0.2, 0.25) is 10.0 Å². The monoisotopic (exact) mass is 344 g/mol. The van der Waals surface area contributed by atoms with Gasteiger partial charge in [-0.2, -0.15) is 0 Å². The van der Waals surface area contributed by atoms with E-state index in [1.54, 1.807) is 13.0 Å². The van der Waals surface area contributed by atoms with Crippen molar-refractivity contribution >= 4 is 38.9 Å². The van der Waals surface area contributed by atoms with Crippen LogP contribution in [0.3, 0.4) is 0 Å². The molecule has 0 radical (unpaired) electrons. The van der Waals surface area contributed by atoms with Gasteiger partial charge in [-0.25, -0.2) is 12.8 Å². The summed E-state index contributed by atoms with van der Waals surface area (Å²) in [6.45, 7) is 1.77. The molecule has 0 aliphatic carbocycles. The van der Waals surface area contributed by atoms with Gasteiger partial charge in [-0.1, -0.05) is 18.5 Å². The molecule has 118 valence electrons. The van der Waals surface area contributed by atoms with Crippen LogP contribution in [0.15, 0.2) is 30.3 Å². The molecule has 0 bridgehead atoms. The highest BCUT2D eigenvalue weighted by atomic mass is 35.5. The lowest BCUT2D eigenvalue weighted by Crippen LogP contribution is -2.17. The van der Waals surface area contributed by atoms with E-state index >= 15 is 0 Å². The quantitative estimate of drug-likeness (QED) is 0.840. The second kappa shape index (κ2) is 6.89. The van der Waals surface area contributed by atoms with Gasteiger partial charge in [0.1, 0.15) is 5.82 Å². The van der Waals surface area contributed by atoms with E-state index in [0.29, 0.717) is 17.9 Å². The zero-order chi connectivity index (χ0) is 16.2. The molecule has 22 heavy (non-hydrogen) atoms. The summed E-state index contributed by atoms with van der Waals surface area (Å²) in [4.78, 5) is 0. The molecule has 0 atom stereocenters. The predicted molar refractivity (Wildman–Crippen MR) is 84.4 cm³/mol. The molecule has 9 heteroatoms. The molecular weight excluding hydrogens is 331 g/mol. The number of rotatable bonds is 6. The van der Waals surface area contributed by atoms with Crippen LogP contribution in [-0.4, -0.2) is 24.4 Å². The molecule has 2 N–H and O–H groups in total. The van der Waals surface area contributed by atoms with Gasteiger partial charge >= 0.3 is 0 Å². The molecule has 0 unspecified atom stereocenters. The molecule has 2 aromatic rings. The second-order valence-corrected chi connectivity index (χ2v) is 6.73. The van der Waals surface area contributed by atoms with Gasteiger partial charge in [0.25, 0.3) is 0 Å². The average Bonchev–Trinajstić information content (AvgIpc) is 2.44. The van der Waals surface area contributed by atoms with E-state index in [-0.39, 0.29) is 16.6 Å². The van der Waals surface area contributed by atoms with Gasteiger partial charge in [0, 0.05) is 5.69 Å². The van der Waals surface area contributed by atoms with Crippen molar-refractivity contribution in [3.8, 4) is 0 Å². The lowest BCUT2D eigenvalue weighted by Gasteiger charge is -2.08. The molecule has 1 aromatic heterocycles. The number of aromatic nitrogens is 2. The Hall–Kier alpha value is -1.93. The molecule has 0 saturated heterocycles. The lowest BCUT2D eigenvalue weighted by atomic mass is 10.3. The third-order valence-corrected chi connectivity index (χ3v) is 4.34. The standard InChI is InChI=1S/C13H14ClFN4O2S/c1-2-7-22(20,21)19-13-6-5-12(17-18-13)16-9-3-4-11(15)10(14)8-9/h3-6,8H,2,7H2,1H3,(H,16,17)(H,18,19). The smallest absolute Gasteiger partial charge is 0.233 e. The minimum Gasteiger partial charge on any atom is -0.339 e. The van der Waals surface area contributed by atoms with Crippen LogP contribution in [0.2, 0.25) is 5.02 Å². The van der Waals surface area contributed by atoms with Crippen LogP contribution in [0.25, 0.3) is 0 Å². The Morgan fingerprint density at radius 2 is 1.86 bits per heavy atom. The molecular formula is C13H14ClFN4O2S. The lowest BCUT2D eigenvalue weighted by molar-refractivity contribution is 0.599. The number of nitrogens with zero attached hydrogens (tertiary/aromatic N) is 2. The predicted octanol–water partition coefficient (Wildman–Crippen LogP) is 3.16. The van der Waals surface area contributed by atoms with Crippen molar-refractivity contribution < 1.29 is 12.8 Å². The maximum absolute atomic E-state index is 13.1. The van der Waals surface area contributed by atoms with Crippen molar-refractivity contribution in [1.29, 1.82) is 0 Å². The molecule has 0 spiro atoms. The summed E-state index contributed by atoms with van der Waals surface area (Å²) in [7, 11) is -3.40. The van der Waals surface area contributed by atoms with Gasteiger partial charge in [0.15, 0.2) is 11.6 Å². The number of nitrogens with one attached hydrogen (secondary N) is 2. The first-order valence-electron chi connectivity index (χ1n) is 6.46. The van der Waals surface area contributed by atoms with E-state index in [2.05, 4.69) is 20.2 Å². The maximum atomic E-state index is 13.1. The summed E-state index contributed by atoms with van der Waals surface area (Å²) >= 11 is 5.68. The highest BCUT2D eigenvalue weighted by molar-refractivity contribution is 7.92. The Balaban J connectivity index is 2.07. The van der Waals surface area contributed by atoms with E-state index in [0.717, 1.165) is 0 Å². The number of sulfonamides is 1. The number of anilines is 3. The fraction of sp³-hybridized carbons (Fsp3) is 0.231. The second-order valence-electron chi connectivity index (χ2n) is 4.48. The van der Waals surface area contributed by atoms with Gasteiger partial charge in [-0.15, -0.1) is 10.2 Å². The zero-order valence-corrected chi connectivity index (χ0v) is 13.2. The number of halogens is 2. The van der Waals surface area contributed by atoms with E-state index in [1.165, 1.54) is 24.3 Å². The molecule has 0 aliphatic heterocycles. The normalized spacial score (nSPS) is 11.2. The third kappa shape index (κ3) is 4.54. The molecule has 1 heterocycles. The largest absolute Gasteiger partial charge is 0.339 e. The summed E-state index contributed by atoms with van der Waals surface area (Å²) in [5.74, 6) is 0.0131. The molecule has 0 amide bonds. The Morgan fingerprint density at radius 3 is 2.45 bits per heavy atom. The molecule has 1 aromatic carbocycles. The number of benzene rings is 1. The minimum atomic E-state index is -3.40. The number of hydrogen-bond acceptors (Lipinski definition) is 5. The van der Waals surface area contributed by atoms with Gasteiger partial charge < -0.3 is 5.32 Å². The fourth-order valence-corrected chi connectivity index (χ4v) is 2.90. The topological polar surface area (TPSA) is 84.0 Å². The maximum Gasteiger partial charge on any atom is 0.233 e. The van der Waals surface area contributed by atoms with Crippen LogP contribution in [0.4, 0.5) is 21.7 Å². The van der Waals surface area contributed by atoms with Gasteiger partial charge in [-0.3, -0.25) is 4.72 Å². The summed E-state index contributed by atoms with van der Waals surface area (Å²) < 4.78 is 38.6. The van der Waals surface area contributed by atoms with E-state index in [9.17, 15) is 12.8 Å². The van der Waals surface area contributed by atoms with Gasteiger partial charge in [0.05, 0.1) is 10.8 Å². The van der Waals surface area contributed by atoms with Crippen LogP contribution in [0.1, 0.15) is 13.3 Å². The SMILES string of the molecule is CCCS(=O)(=O)Nc1ccc(Nc2ccc(F)c(Cl)c2)nn1. The first kappa shape index (κ1) is 16.4. The van der Waals surface area contributed by atoms with Crippen molar-refractivity contribution in [3.05, 3.63) is 41.2 Å². The Kier molecular flexibility index (Phi) is 5.15. The van der Waals surface area contributed by atoms with Crippen LogP contribution in [0.5, 0.6) is 0 Å². The Bertz CT molecular complexity index is 753. The average molecular weight is 345 g/mol. The van der Waals surface area contributed by atoms with Crippen molar-refractivity contribution in [2.75, 3.05) is 15.8 Å². The minimum absolute atomic E-state index is 0.0121. The van der Waals surface area contributed by atoms with E-state index in [1.807, 2.05) is 0 Å². The first-order valence-corrected chi connectivity index (χ1v) is 8.49. The highest BCUT2D eigenvalue weighted by Gasteiger charge is 2.10.